The Morgan fingerprint density at radius 2 is 2.03 bits per heavy atom. The number of aliphatic imine (C=N–C) groups is 1. The molecule has 0 radical (unpaired) electrons. The van der Waals surface area contributed by atoms with E-state index in [1.165, 1.54) is 0 Å². The number of nitrogens with zero attached hydrogens (tertiary/aromatic N) is 2. The van der Waals surface area contributed by atoms with Gasteiger partial charge in [-0.25, -0.2) is 4.79 Å². The van der Waals surface area contributed by atoms with E-state index in [-0.39, 0.29) is 18.0 Å². The van der Waals surface area contributed by atoms with Crippen molar-refractivity contribution in [3.8, 4) is 0 Å². The summed E-state index contributed by atoms with van der Waals surface area (Å²) in [4.78, 5) is 33.8. The second-order valence-electron chi connectivity index (χ2n) is 7.22. The molecule has 0 aromatic heterocycles. The molecular formula is C22H34N6O4. The largest absolute Gasteiger partial charge is 0.478 e. The van der Waals surface area contributed by atoms with E-state index in [9.17, 15) is 9.59 Å². The summed E-state index contributed by atoms with van der Waals surface area (Å²) in [6, 6.07) is 9.03. The summed E-state index contributed by atoms with van der Waals surface area (Å²) >= 11 is 0. The molecule has 0 saturated carbocycles. The summed E-state index contributed by atoms with van der Waals surface area (Å²) in [6.07, 6.45) is 0.918. The molecule has 2 rings (SSSR count). The summed E-state index contributed by atoms with van der Waals surface area (Å²) in [7, 11) is 3.22. The first-order valence-corrected chi connectivity index (χ1v) is 10.8. The average Bonchev–Trinajstić information content (AvgIpc) is 3.26. The highest BCUT2D eigenvalue weighted by Gasteiger charge is 2.24. The van der Waals surface area contributed by atoms with E-state index in [0.29, 0.717) is 49.9 Å². The van der Waals surface area contributed by atoms with Crippen LogP contribution in [-0.2, 0) is 14.4 Å². The summed E-state index contributed by atoms with van der Waals surface area (Å²) < 4.78 is 5.78. The highest BCUT2D eigenvalue weighted by Crippen LogP contribution is 2.13. The third-order valence-corrected chi connectivity index (χ3v) is 4.82. The van der Waals surface area contributed by atoms with Crippen LogP contribution in [0, 0.1) is 0 Å². The fraction of sp³-hybridized carbons (Fsp3) is 0.500. The zero-order valence-electron chi connectivity index (χ0n) is 19.2. The first kappa shape index (κ1) is 25.2. The van der Waals surface area contributed by atoms with Crippen LogP contribution < -0.4 is 21.3 Å². The van der Waals surface area contributed by atoms with Crippen molar-refractivity contribution in [1.29, 1.82) is 0 Å². The molecule has 0 spiro atoms. The van der Waals surface area contributed by atoms with Gasteiger partial charge in [-0.1, -0.05) is 25.1 Å². The molecule has 0 unspecified atom stereocenters. The second-order valence-corrected chi connectivity index (χ2v) is 7.22. The molecule has 1 aromatic rings. The lowest BCUT2D eigenvalue weighted by molar-refractivity contribution is -0.120. The van der Waals surface area contributed by atoms with Crippen LogP contribution in [0.2, 0.25) is 0 Å². The summed E-state index contributed by atoms with van der Waals surface area (Å²) in [5.74, 6) is 0.784. The molecule has 1 saturated heterocycles. The van der Waals surface area contributed by atoms with E-state index in [1.54, 1.807) is 14.1 Å². The monoisotopic (exact) mass is 446 g/mol. The van der Waals surface area contributed by atoms with Crippen LogP contribution in [0.3, 0.4) is 0 Å². The van der Waals surface area contributed by atoms with Gasteiger partial charge in [-0.3, -0.25) is 19.9 Å². The van der Waals surface area contributed by atoms with Crippen LogP contribution in [0.1, 0.15) is 26.7 Å². The fourth-order valence-corrected chi connectivity index (χ4v) is 3.05. The Labute approximate surface area is 189 Å². The van der Waals surface area contributed by atoms with Crippen LogP contribution >= 0.6 is 0 Å². The van der Waals surface area contributed by atoms with E-state index < -0.39 is 0 Å². The Bertz CT molecular complexity index is 812. The molecule has 176 valence electrons. The average molecular weight is 447 g/mol. The number of nitrogens with one attached hydrogen (secondary N) is 4. The van der Waals surface area contributed by atoms with Gasteiger partial charge in [0.15, 0.2) is 0 Å². The Balaban J connectivity index is 2.08. The minimum absolute atomic E-state index is 0.0434. The van der Waals surface area contributed by atoms with Crippen LogP contribution in [0.4, 0.5) is 10.5 Å². The lowest BCUT2D eigenvalue weighted by atomic mass is 10.2. The van der Waals surface area contributed by atoms with Crippen molar-refractivity contribution < 1.29 is 19.2 Å². The van der Waals surface area contributed by atoms with Crippen molar-refractivity contribution in [2.75, 3.05) is 45.7 Å². The SMILES string of the molecule is CCN1C[C@@H](NC(=O)N/C(Nc2ccccc2)=C(C)/C(=N\C)OCCCC(=O)NC)CO1. The lowest BCUT2D eigenvalue weighted by Crippen LogP contribution is -2.45. The third kappa shape index (κ3) is 8.20. The molecule has 4 N–H and O–H groups in total. The molecule has 3 amide bonds. The third-order valence-electron chi connectivity index (χ3n) is 4.82. The zero-order valence-corrected chi connectivity index (χ0v) is 19.2. The van der Waals surface area contributed by atoms with E-state index >= 15 is 0 Å². The predicted molar refractivity (Wildman–Crippen MR) is 124 cm³/mol. The molecule has 10 nitrogen and oxygen atoms in total. The fourth-order valence-electron chi connectivity index (χ4n) is 3.05. The molecule has 1 heterocycles. The number of ether oxygens (including phenoxy) is 1. The van der Waals surface area contributed by atoms with Gasteiger partial charge in [-0.05, 0) is 25.5 Å². The maximum Gasteiger partial charge on any atom is 0.320 e. The van der Waals surface area contributed by atoms with Crippen molar-refractivity contribution in [2.45, 2.75) is 32.7 Å². The van der Waals surface area contributed by atoms with Gasteiger partial charge in [0.25, 0.3) is 0 Å². The molecule has 32 heavy (non-hydrogen) atoms. The highest BCUT2D eigenvalue weighted by molar-refractivity contribution is 5.95. The number of hydrogen-bond acceptors (Lipinski definition) is 7. The van der Waals surface area contributed by atoms with Crippen LogP contribution in [0.5, 0.6) is 0 Å². The van der Waals surface area contributed by atoms with Crippen molar-refractivity contribution in [1.82, 2.24) is 21.0 Å². The molecule has 1 atom stereocenters. The maximum atomic E-state index is 12.7. The molecular weight excluding hydrogens is 412 g/mol. The van der Waals surface area contributed by atoms with E-state index in [1.807, 2.05) is 49.2 Å². The van der Waals surface area contributed by atoms with Gasteiger partial charge >= 0.3 is 6.03 Å². The second kappa shape index (κ2) is 13.3. The lowest BCUT2D eigenvalue weighted by Gasteiger charge is -2.19. The van der Waals surface area contributed by atoms with Gasteiger partial charge in [0, 0.05) is 39.3 Å². The van der Waals surface area contributed by atoms with E-state index in [2.05, 4.69) is 26.3 Å². The van der Waals surface area contributed by atoms with Gasteiger partial charge < -0.3 is 20.7 Å². The first-order chi connectivity index (χ1) is 15.5. The van der Waals surface area contributed by atoms with Crippen molar-refractivity contribution in [2.24, 2.45) is 4.99 Å². The number of urea groups is 1. The quantitative estimate of drug-likeness (QED) is 0.248. The smallest absolute Gasteiger partial charge is 0.320 e. The van der Waals surface area contributed by atoms with Crippen LogP contribution in [-0.4, -0.2) is 69.3 Å². The standard InChI is InChI=1S/C22H34N6O4/c1-5-28-14-18(15-32-28)26-22(30)27-20(25-17-10-7-6-8-11-17)16(2)21(24-4)31-13-9-12-19(29)23-3/h6-8,10-11,18,25H,5,9,12-15H2,1-4H3,(H,23,29)(H2,26,27,30)/b20-16+,24-21+/t18-/m1/s1. The number of rotatable bonds is 10. The highest BCUT2D eigenvalue weighted by atomic mass is 16.7. The number of hydroxylamine groups is 2. The molecule has 1 aliphatic heterocycles. The van der Waals surface area contributed by atoms with Gasteiger partial charge in [-0.2, -0.15) is 5.06 Å². The number of carbonyl (C=O) groups is 2. The number of para-hydroxylation sites is 1. The number of hydrogen-bond donors (Lipinski definition) is 4. The summed E-state index contributed by atoms with van der Waals surface area (Å²) in [5, 5.41) is 13.4. The van der Waals surface area contributed by atoms with Gasteiger partial charge in [0.2, 0.25) is 11.8 Å². The summed E-state index contributed by atoms with van der Waals surface area (Å²) in [5.41, 5.74) is 1.43. The number of anilines is 1. The summed E-state index contributed by atoms with van der Waals surface area (Å²) in [6.45, 7) is 5.95. The van der Waals surface area contributed by atoms with Crippen molar-refractivity contribution in [3.05, 3.63) is 41.7 Å². The minimum Gasteiger partial charge on any atom is -0.478 e. The van der Waals surface area contributed by atoms with E-state index in [0.717, 1.165) is 12.2 Å². The Morgan fingerprint density at radius 1 is 1.28 bits per heavy atom. The minimum atomic E-state index is -0.357. The molecule has 0 bridgehead atoms. The number of likely N-dealkylation sites (N-methyl/N-ethyl adjacent to an activating group) is 1. The van der Waals surface area contributed by atoms with Gasteiger partial charge in [0.05, 0.1) is 24.8 Å². The normalized spacial score (nSPS) is 17.4. The molecule has 1 aromatic carbocycles. The topological polar surface area (TPSA) is 116 Å². The zero-order chi connectivity index (χ0) is 23.3. The maximum absolute atomic E-state index is 12.7. The van der Waals surface area contributed by atoms with Crippen LogP contribution in [0.25, 0.3) is 0 Å². The number of carbonyl (C=O) groups excluding carboxylic acids is 2. The number of amides is 3. The van der Waals surface area contributed by atoms with Crippen LogP contribution in [0.15, 0.2) is 46.7 Å². The van der Waals surface area contributed by atoms with E-state index in [4.69, 9.17) is 9.57 Å². The van der Waals surface area contributed by atoms with Crippen molar-refractivity contribution in [3.63, 3.8) is 0 Å². The van der Waals surface area contributed by atoms with Gasteiger partial charge in [-0.15, -0.1) is 0 Å². The van der Waals surface area contributed by atoms with Crippen molar-refractivity contribution >= 4 is 23.5 Å². The molecule has 0 aliphatic carbocycles. The Morgan fingerprint density at radius 3 is 2.66 bits per heavy atom. The molecule has 10 heteroatoms. The van der Waals surface area contributed by atoms with Gasteiger partial charge in [0.1, 0.15) is 5.82 Å². The Kier molecular flexibility index (Phi) is 10.5. The molecule has 1 fully saturated rings. The molecule has 1 aliphatic rings. The number of benzene rings is 1. The first-order valence-electron chi connectivity index (χ1n) is 10.8. The predicted octanol–water partition coefficient (Wildman–Crippen LogP) is 1.84. The Hall–Kier alpha value is -3.11.